The second kappa shape index (κ2) is 10.00. The first-order chi connectivity index (χ1) is 16.9. The van der Waals surface area contributed by atoms with Crippen molar-refractivity contribution in [2.24, 2.45) is 5.92 Å². The molecule has 0 fully saturated rings. The third kappa shape index (κ3) is 4.31. The van der Waals surface area contributed by atoms with Crippen molar-refractivity contribution in [1.82, 2.24) is 0 Å². The zero-order valence-corrected chi connectivity index (χ0v) is 21.2. The lowest BCUT2D eigenvalue weighted by molar-refractivity contribution is 0.583. The number of benzene rings is 4. The molecule has 2 bridgehead atoms. The fraction of sp³-hybridized carbons (Fsp3) is 0.188. The Bertz CT molecular complexity index is 1160. The maximum atomic E-state index is 2.67. The molecule has 34 heavy (non-hydrogen) atoms. The monoisotopic (exact) mass is 476 g/mol. The van der Waals surface area contributed by atoms with Gasteiger partial charge in [-0.2, -0.15) is 0 Å². The quantitative estimate of drug-likeness (QED) is 0.214. The second-order valence-electron chi connectivity index (χ2n) is 9.37. The van der Waals surface area contributed by atoms with Gasteiger partial charge in [-0.15, -0.1) is 0 Å². The molecule has 0 unspecified atom stereocenters. The third-order valence-corrected chi connectivity index (χ3v) is 13.5. The first-order valence-electron chi connectivity index (χ1n) is 12.4. The van der Waals surface area contributed by atoms with Crippen molar-refractivity contribution in [1.29, 1.82) is 0 Å². The second-order valence-corrected chi connectivity index (χ2v) is 14.2. The standard InChI is InChI=1S/C32H30P2/c1-5-13-27(14-6-1)33(28-15-7-2-8-16-28)31-24-25-21-22-26(23-25)32(31)34(29-17-9-3-10-18-29)30-19-11-4-12-20-30/h1-20,23,26,31-32H,21-22,24H2/t26-,31+,32+/m1/s1. The number of hydrogen-bond acceptors (Lipinski definition) is 0. The summed E-state index contributed by atoms with van der Waals surface area (Å²) in [6.07, 6.45) is 6.53. The Morgan fingerprint density at radius 1 is 0.500 bits per heavy atom. The van der Waals surface area contributed by atoms with E-state index < -0.39 is 15.8 Å². The Morgan fingerprint density at radius 3 is 1.35 bits per heavy atom. The molecule has 0 nitrogen and oxygen atoms in total. The number of rotatable bonds is 6. The van der Waals surface area contributed by atoms with Gasteiger partial charge in [-0.3, -0.25) is 0 Å². The Morgan fingerprint density at radius 2 is 0.912 bits per heavy atom. The summed E-state index contributed by atoms with van der Waals surface area (Å²) < 4.78 is 0. The molecule has 6 rings (SSSR count). The molecule has 3 atom stereocenters. The summed E-state index contributed by atoms with van der Waals surface area (Å²) in [5, 5.41) is 6.10. The van der Waals surface area contributed by atoms with Gasteiger partial charge < -0.3 is 0 Å². The van der Waals surface area contributed by atoms with Gasteiger partial charge >= 0.3 is 0 Å². The van der Waals surface area contributed by atoms with Crippen LogP contribution in [0.15, 0.2) is 133 Å². The lowest BCUT2D eigenvalue weighted by Crippen LogP contribution is -2.40. The molecule has 0 amide bonds. The molecule has 0 spiro atoms. The Kier molecular flexibility index (Phi) is 6.46. The van der Waals surface area contributed by atoms with Crippen molar-refractivity contribution in [3.63, 3.8) is 0 Å². The Labute approximate surface area is 206 Å². The molecule has 2 aliphatic rings. The van der Waals surface area contributed by atoms with Gasteiger partial charge in [0.05, 0.1) is 0 Å². The highest BCUT2D eigenvalue weighted by molar-refractivity contribution is 7.77. The summed E-state index contributed by atoms with van der Waals surface area (Å²) >= 11 is 0. The molecule has 4 aromatic carbocycles. The molecular weight excluding hydrogens is 446 g/mol. The molecule has 0 radical (unpaired) electrons. The maximum Gasteiger partial charge on any atom is 0.00111 e. The van der Waals surface area contributed by atoms with Gasteiger partial charge in [0.25, 0.3) is 0 Å². The van der Waals surface area contributed by atoms with Crippen LogP contribution in [0, 0.1) is 5.92 Å². The normalized spacial score (nSPS) is 21.6. The molecule has 2 aliphatic carbocycles. The summed E-state index contributed by atoms with van der Waals surface area (Å²) in [5.41, 5.74) is 3.01. The van der Waals surface area contributed by atoms with Crippen LogP contribution in [0.25, 0.3) is 0 Å². The van der Waals surface area contributed by atoms with Crippen LogP contribution in [0.5, 0.6) is 0 Å². The van der Waals surface area contributed by atoms with Crippen molar-refractivity contribution in [3.05, 3.63) is 133 Å². The number of hydrogen-bond donors (Lipinski definition) is 0. The van der Waals surface area contributed by atoms with Crippen LogP contribution in [0.1, 0.15) is 19.3 Å². The highest BCUT2D eigenvalue weighted by atomic mass is 31.1. The van der Waals surface area contributed by atoms with E-state index in [-0.39, 0.29) is 0 Å². The van der Waals surface area contributed by atoms with Crippen LogP contribution in [0.2, 0.25) is 0 Å². The van der Waals surface area contributed by atoms with E-state index >= 15 is 0 Å². The fourth-order valence-electron chi connectivity index (χ4n) is 5.92. The van der Waals surface area contributed by atoms with Crippen molar-refractivity contribution >= 4 is 37.1 Å². The highest BCUT2D eigenvalue weighted by Crippen LogP contribution is 2.60. The van der Waals surface area contributed by atoms with Gasteiger partial charge in [0.1, 0.15) is 0 Å². The van der Waals surface area contributed by atoms with Crippen LogP contribution in [0.4, 0.5) is 0 Å². The molecule has 0 N–H and O–H groups in total. The Hall–Kier alpha value is -2.52. The van der Waals surface area contributed by atoms with Gasteiger partial charge in [0.2, 0.25) is 0 Å². The van der Waals surface area contributed by atoms with Gasteiger partial charge in [0.15, 0.2) is 0 Å². The van der Waals surface area contributed by atoms with E-state index in [4.69, 9.17) is 0 Å². The minimum atomic E-state index is -0.468. The van der Waals surface area contributed by atoms with Crippen molar-refractivity contribution in [3.8, 4) is 0 Å². The summed E-state index contributed by atoms with van der Waals surface area (Å²) in [6, 6.07) is 45.6. The smallest absolute Gasteiger partial charge is 0.00111 e. The van der Waals surface area contributed by atoms with E-state index in [1.807, 2.05) is 0 Å². The molecule has 0 saturated carbocycles. The minimum absolute atomic E-state index is 0.459. The number of allylic oxidation sites excluding steroid dienone is 2. The SMILES string of the molecule is C1=C2CC[C@H]1[C@H](P(c1ccccc1)c1ccccc1)[C@@H](P(c1ccccc1)c1ccccc1)C2. The summed E-state index contributed by atoms with van der Waals surface area (Å²) in [7, 11) is -0.928. The van der Waals surface area contributed by atoms with Crippen LogP contribution < -0.4 is 21.2 Å². The van der Waals surface area contributed by atoms with Gasteiger partial charge in [-0.1, -0.05) is 133 Å². The van der Waals surface area contributed by atoms with Crippen molar-refractivity contribution in [2.75, 3.05) is 0 Å². The predicted octanol–water partition coefficient (Wildman–Crippen LogP) is 6.73. The lowest BCUT2D eigenvalue weighted by Gasteiger charge is -2.43. The largest absolute Gasteiger partial charge is 0.0815 e. The highest BCUT2D eigenvalue weighted by Gasteiger charge is 2.45. The minimum Gasteiger partial charge on any atom is -0.0815 e. The van der Waals surface area contributed by atoms with Crippen molar-refractivity contribution in [2.45, 2.75) is 30.6 Å². The van der Waals surface area contributed by atoms with Crippen LogP contribution in [-0.4, -0.2) is 11.3 Å². The van der Waals surface area contributed by atoms with Crippen LogP contribution in [-0.2, 0) is 0 Å². The summed E-state index contributed by atoms with van der Waals surface area (Å²) in [5.74, 6) is 0.678. The van der Waals surface area contributed by atoms with E-state index in [0.29, 0.717) is 17.2 Å². The van der Waals surface area contributed by atoms with Gasteiger partial charge in [-0.05, 0) is 67.9 Å². The molecule has 2 heteroatoms. The average Bonchev–Trinajstić information content (AvgIpc) is 3.30. The van der Waals surface area contributed by atoms with E-state index in [1.54, 1.807) is 5.57 Å². The average molecular weight is 477 g/mol. The zero-order valence-electron chi connectivity index (χ0n) is 19.4. The number of fused-ring (bicyclic) bond motifs is 1. The molecule has 168 valence electrons. The van der Waals surface area contributed by atoms with E-state index in [1.165, 1.54) is 40.5 Å². The predicted molar refractivity (Wildman–Crippen MR) is 151 cm³/mol. The topological polar surface area (TPSA) is 0 Å². The molecular formula is C32H30P2. The molecule has 0 heterocycles. The summed E-state index contributed by atoms with van der Waals surface area (Å²) in [6.45, 7) is 0. The van der Waals surface area contributed by atoms with Gasteiger partial charge in [-0.25, -0.2) is 0 Å². The van der Waals surface area contributed by atoms with E-state index in [2.05, 4.69) is 127 Å². The first-order valence-corrected chi connectivity index (χ1v) is 15.2. The van der Waals surface area contributed by atoms with E-state index in [0.717, 1.165) is 0 Å². The van der Waals surface area contributed by atoms with E-state index in [9.17, 15) is 0 Å². The zero-order chi connectivity index (χ0) is 22.7. The third-order valence-electron chi connectivity index (χ3n) is 7.32. The van der Waals surface area contributed by atoms with Crippen LogP contribution in [0.3, 0.4) is 0 Å². The lowest BCUT2D eigenvalue weighted by atomic mass is 9.96. The first kappa shape index (κ1) is 22.0. The fourth-order valence-corrected chi connectivity index (χ4v) is 12.8. The Balaban J connectivity index is 1.53. The van der Waals surface area contributed by atoms with Gasteiger partial charge in [0, 0.05) is 5.66 Å². The maximum absolute atomic E-state index is 2.67. The molecule has 0 aromatic heterocycles. The van der Waals surface area contributed by atoms with Crippen LogP contribution >= 0.6 is 15.8 Å². The van der Waals surface area contributed by atoms with Crippen molar-refractivity contribution < 1.29 is 0 Å². The molecule has 4 aromatic rings. The molecule has 0 saturated heterocycles. The summed E-state index contributed by atoms with van der Waals surface area (Å²) in [4.78, 5) is 0. The molecule has 0 aliphatic heterocycles.